The summed E-state index contributed by atoms with van der Waals surface area (Å²) in [5.74, 6) is -1.33. The van der Waals surface area contributed by atoms with E-state index < -0.39 is 47.5 Å². The molecule has 2 saturated heterocycles. The van der Waals surface area contributed by atoms with Crippen LogP contribution in [0.1, 0.15) is 153 Å². The molecule has 4 unspecified atom stereocenters. The Morgan fingerprint density at radius 3 is 0.923 bits per heavy atom. The summed E-state index contributed by atoms with van der Waals surface area (Å²) in [6.45, 7) is 20.6. The van der Waals surface area contributed by atoms with Gasteiger partial charge < -0.3 is 49.7 Å². The molecule has 0 aliphatic carbocycles. The second-order valence-electron chi connectivity index (χ2n) is 28.5. The van der Waals surface area contributed by atoms with Crippen LogP contribution in [-0.4, -0.2) is 122 Å². The third-order valence-electron chi connectivity index (χ3n) is 20.0. The molecular formula is C84H82N6O12S2. The quantitative estimate of drug-likeness (QED) is 0.0108. The Morgan fingerprint density at radius 2 is 0.683 bits per heavy atom. The van der Waals surface area contributed by atoms with Crippen LogP contribution < -0.4 is 40.2 Å². The lowest BCUT2D eigenvalue weighted by Crippen LogP contribution is -2.55. The number of hydrogen-bond donors (Lipinski definition) is 4. The molecule has 0 bridgehead atoms. The highest BCUT2D eigenvalue weighted by molar-refractivity contribution is 7.10. The normalized spacial score (nSPS) is 16.1. The van der Waals surface area contributed by atoms with Gasteiger partial charge in [0.15, 0.2) is 0 Å². The van der Waals surface area contributed by atoms with Crippen molar-refractivity contribution in [3.63, 3.8) is 0 Å². The molecule has 2 fully saturated rings. The number of fused-ring (bicyclic) bond motifs is 2. The van der Waals surface area contributed by atoms with Gasteiger partial charge in [-0.25, -0.2) is 0 Å². The first-order chi connectivity index (χ1) is 50.3. The summed E-state index contributed by atoms with van der Waals surface area (Å²) in [5, 5.41) is 18.9. The van der Waals surface area contributed by atoms with Crippen LogP contribution in [0, 0.1) is 0 Å². The summed E-state index contributed by atoms with van der Waals surface area (Å²) in [6.07, 6.45) is 0.246. The Morgan fingerprint density at radius 1 is 0.404 bits per heavy atom. The highest BCUT2D eigenvalue weighted by atomic mass is 32.1. The Kier molecular flexibility index (Phi) is 19.6. The van der Waals surface area contributed by atoms with Gasteiger partial charge in [-0.15, -0.1) is 22.7 Å². The lowest BCUT2D eigenvalue weighted by molar-refractivity contribution is -0.125. The molecule has 9 aromatic carbocycles. The van der Waals surface area contributed by atoms with Gasteiger partial charge >= 0.3 is 0 Å². The molecule has 104 heavy (non-hydrogen) atoms. The Bertz CT molecular complexity index is 4540. The molecule has 6 heterocycles. The third-order valence-corrected chi connectivity index (χ3v) is 21.8. The van der Waals surface area contributed by atoms with Crippen molar-refractivity contribution < 1.29 is 57.2 Å². The molecule has 4 aliphatic heterocycles. The van der Waals surface area contributed by atoms with E-state index in [2.05, 4.69) is 76.7 Å². The number of carbonyl (C=O) groups excluding carboxylic acids is 6. The smallest absolute Gasteiger partial charge is 0.262 e. The maximum absolute atomic E-state index is 16.5. The standard InChI is InChI=1S/C84H82N6O12S2/c1-45(2)49-13-21-53(22-14-49)99-67-37-61-71-62(82(94)89(81(61)93)65(35-59-11-9-33-103-59)79(91)87-31-29-85-41-57-43-97-57)39-69(101-55-25-17-51(18-26-55)47(5)6)75-76-70(102-56-27-19-52(20-28-56)48(7)8)40-64-72-63(38-68(74(78(72)76)73(67)77(71)75)100-54-23-15-50(16-24-54)46(3)4)83(95)90(84(64)96)66(36-60-12-10-34-104-60)80(92)88-32-30-86-42-58-44-98-58/h9-28,33-34,37-40,45-48,57-58,65-66,85-86H,29-32,35-36,41-44H2,1-8H3,(H,87,91)(H,88,92). The third kappa shape index (κ3) is 13.9. The molecular weight excluding hydrogens is 1350 g/mol. The molecule has 0 spiro atoms. The number of carbonyl (C=O) groups is 6. The number of imide groups is 2. The van der Waals surface area contributed by atoms with Crippen molar-refractivity contribution in [3.05, 3.63) is 211 Å². The molecule has 4 N–H and O–H groups in total. The zero-order valence-electron chi connectivity index (χ0n) is 59.3. The fourth-order valence-electron chi connectivity index (χ4n) is 14.1. The average Bonchev–Trinajstić information content (AvgIpc) is 0.825. The largest absolute Gasteiger partial charge is 0.457 e. The van der Waals surface area contributed by atoms with Crippen molar-refractivity contribution in [1.82, 2.24) is 31.1 Å². The summed E-state index contributed by atoms with van der Waals surface area (Å²) in [5.41, 5.74) is 4.37. The van der Waals surface area contributed by atoms with Gasteiger partial charge in [0.25, 0.3) is 23.6 Å². The lowest BCUT2D eigenvalue weighted by atomic mass is 9.80. The summed E-state index contributed by atoms with van der Waals surface area (Å²) in [6, 6.07) is 42.1. The number of benzene rings is 9. The number of nitrogens with one attached hydrogen (secondary N) is 4. The van der Waals surface area contributed by atoms with Gasteiger partial charge in [0.05, 0.1) is 47.7 Å². The molecule has 4 atom stereocenters. The van der Waals surface area contributed by atoms with Crippen LogP contribution in [-0.2, 0) is 31.9 Å². The van der Waals surface area contributed by atoms with E-state index in [1.54, 1.807) is 24.3 Å². The zero-order chi connectivity index (χ0) is 72.2. The predicted octanol–water partition coefficient (Wildman–Crippen LogP) is 16.1. The number of rotatable bonds is 30. The molecule has 6 amide bonds. The van der Waals surface area contributed by atoms with Gasteiger partial charge in [-0.05, 0) is 142 Å². The fourth-order valence-corrected chi connectivity index (χ4v) is 15.6. The first-order valence-electron chi connectivity index (χ1n) is 35.8. The number of hydrogen-bond acceptors (Lipinski definition) is 16. The van der Waals surface area contributed by atoms with Crippen LogP contribution in [0.4, 0.5) is 0 Å². The number of epoxide rings is 2. The van der Waals surface area contributed by atoms with E-state index in [4.69, 9.17) is 28.4 Å². The fraction of sp³-hybridized carbons (Fsp3) is 0.310. The molecule has 4 aliphatic rings. The Balaban J connectivity index is 1.04. The Labute approximate surface area is 611 Å². The maximum Gasteiger partial charge on any atom is 0.262 e. The first-order valence-corrected chi connectivity index (χ1v) is 37.6. The van der Waals surface area contributed by atoms with Crippen LogP contribution in [0.3, 0.4) is 0 Å². The minimum absolute atomic E-state index is 0.0101. The first kappa shape index (κ1) is 69.6. The summed E-state index contributed by atoms with van der Waals surface area (Å²) >= 11 is 2.83. The lowest BCUT2D eigenvalue weighted by Gasteiger charge is -2.35. The summed E-state index contributed by atoms with van der Waals surface area (Å²) in [4.78, 5) is 99.8. The zero-order valence-corrected chi connectivity index (χ0v) is 60.9. The van der Waals surface area contributed by atoms with Crippen molar-refractivity contribution in [3.8, 4) is 46.0 Å². The van der Waals surface area contributed by atoms with E-state index in [1.165, 1.54) is 22.7 Å². The Hall–Kier alpha value is -10.1. The highest BCUT2D eigenvalue weighted by Crippen LogP contribution is 2.58. The van der Waals surface area contributed by atoms with Crippen LogP contribution in [0.2, 0.25) is 0 Å². The van der Waals surface area contributed by atoms with Crippen LogP contribution in [0.15, 0.2) is 156 Å². The van der Waals surface area contributed by atoms with Crippen LogP contribution in [0.25, 0.3) is 43.1 Å². The number of nitrogens with zero attached hydrogens (tertiary/aromatic N) is 2. The van der Waals surface area contributed by atoms with E-state index in [1.807, 2.05) is 132 Å². The predicted molar refractivity (Wildman–Crippen MR) is 406 cm³/mol. The van der Waals surface area contributed by atoms with Crippen molar-refractivity contribution in [2.45, 2.75) is 116 Å². The summed E-state index contributed by atoms with van der Waals surface area (Å²) in [7, 11) is 0. The molecule has 532 valence electrons. The highest BCUT2D eigenvalue weighted by Gasteiger charge is 2.47. The molecule has 11 aromatic rings. The van der Waals surface area contributed by atoms with Crippen LogP contribution in [0.5, 0.6) is 46.0 Å². The molecule has 0 saturated carbocycles. The van der Waals surface area contributed by atoms with E-state index in [9.17, 15) is 0 Å². The second-order valence-corrected chi connectivity index (χ2v) is 30.5. The van der Waals surface area contributed by atoms with E-state index in [-0.39, 0.29) is 118 Å². The SMILES string of the molecule is CC(C)c1ccc(Oc2cc3c4c(cc(Oc5ccc(C(C)C)cc5)c5c6c(Oc7ccc(C(C)C)cc7)cc7c8c(cc(Oc9ccc(C(C)C)cc9)c(c2c45)c86)C(=O)N(C(Cc2cccs2)C(=O)NCCNCC2CO2)C7=O)C(=O)N(C(Cc2cccs2)C(=O)NCCNCC2CO2)C3=O)cc1. The number of thiophene rings is 2. The van der Waals surface area contributed by atoms with Gasteiger partial charge in [-0.2, -0.15) is 0 Å². The molecule has 18 nitrogen and oxygen atoms in total. The minimum Gasteiger partial charge on any atom is -0.457 e. The van der Waals surface area contributed by atoms with E-state index in [0.717, 1.165) is 41.8 Å². The second kappa shape index (κ2) is 29.2. The minimum atomic E-state index is -1.34. The molecule has 20 heteroatoms. The van der Waals surface area contributed by atoms with Crippen molar-refractivity contribution in [2.24, 2.45) is 0 Å². The van der Waals surface area contributed by atoms with Gasteiger partial charge in [-0.1, -0.05) is 116 Å². The van der Waals surface area contributed by atoms with Gasteiger partial charge in [0, 0.05) is 105 Å². The number of amides is 6. The van der Waals surface area contributed by atoms with Gasteiger partial charge in [-0.3, -0.25) is 38.6 Å². The van der Waals surface area contributed by atoms with Gasteiger partial charge in [0.1, 0.15) is 58.1 Å². The van der Waals surface area contributed by atoms with Crippen molar-refractivity contribution in [2.75, 3.05) is 52.5 Å². The maximum atomic E-state index is 16.5. The van der Waals surface area contributed by atoms with E-state index in [0.29, 0.717) is 94.7 Å². The van der Waals surface area contributed by atoms with E-state index >= 15 is 28.8 Å². The van der Waals surface area contributed by atoms with Crippen LogP contribution >= 0.6 is 22.7 Å². The van der Waals surface area contributed by atoms with Crippen molar-refractivity contribution >= 4 is 101 Å². The summed E-state index contributed by atoms with van der Waals surface area (Å²) < 4.78 is 40.2. The monoisotopic (exact) mass is 1430 g/mol. The topological polar surface area (TPSA) is 219 Å². The molecule has 15 rings (SSSR count). The number of ether oxygens (including phenoxy) is 6. The van der Waals surface area contributed by atoms with Gasteiger partial charge in [0.2, 0.25) is 11.8 Å². The molecule has 2 aromatic heterocycles. The average molecular weight is 1430 g/mol. The molecule has 0 radical (unpaired) electrons. The van der Waals surface area contributed by atoms with Crippen molar-refractivity contribution in [1.29, 1.82) is 0 Å².